The molecule has 0 saturated heterocycles. The maximum Gasteiger partial charge on any atom is 0.146 e. The first-order chi connectivity index (χ1) is 9.13. The summed E-state index contributed by atoms with van der Waals surface area (Å²) in [7, 11) is 0. The molecule has 0 aliphatic rings. The van der Waals surface area contributed by atoms with Crippen molar-refractivity contribution in [3.05, 3.63) is 58.6 Å². The molecule has 1 unspecified atom stereocenters. The van der Waals surface area contributed by atoms with Crippen LogP contribution in [0, 0.1) is 5.82 Å². The van der Waals surface area contributed by atoms with Crippen LogP contribution >= 0.6 is 11.6 Å². The Hall–Kier alpha value is -1.69. The van der Waals surface area contributed by atoms with Crippen molar-refractivity contribution in [2.24, 2.45) is 5.84 Å². The molecule has 19 heavy (non-hydrogen) atoms. The molecule has 2 rings (SSSR count). The minimum atomic E-state index is -0.477. The van der Waals surface area contributed by atoms with Crippen LogP contribution in [-0.4, -0.2) is 4.98 Å². The Labute approximate surface area is 115 Å². The van der Waals surface area contributed by atoms with Crippen molar-refractivity contribution in [3.63, 3.8) is 0 Å². The van der Waals surface area contributed by atoms with Gasteiger partial charge in [-0.2, -0.15) is 0 Å². The summed E-state index contributed by atoms with van der Waals surface area (Å²) in [5.41, 5.74) is 10.2. The van der Waals surface area contributed by atoms with Gasteiger partial charge in [-0.25, -0.2) is 4.39 Å². The summed E-state index contributed by atoms with van der Waals surface area (Å²) in [6, 6.07) is 6.07. The van der Waals surface area contributed by atoms with Crippen molar-refractivity contribution < 1.29 is 4.39 Å². The summed E-state index contributed by atoms with van der Waals surface area (Å²) in [5, 5.41) is 0.0666. The molecule has 6 heteroatoms. The molecule has 1 aromatic carbocycles. The molecular formula is C13H14ClFN4. The van der Waals surface area contributed by atoms with Gasteiger partial charge in [0, 0.05) is 23.6 Å². The third kappa shape index (κ3) is 3.01. The van der Waals surface area contributed by atoms with Crippen molar-refractivity contribution in [1.29, 1.82) is 0 Å². The lowest BCUT2D eigenvalue weighted by Gasteiger charge is -2.18. The van der Waals surface area contributed by atoms with Crippen LogP contribution in [-0.2, 0) is 6.42 Å². The quantitative estimate of drug-likeness (QED) is 0.593. The number of nitrogens with zero attached hydrogens (tertiary/aromatic N) is 1. The maximum absolute atomic E-state index is 14.0. The van der Waals surface area contributed by atoms with E-state index < -0.39 is 11.9 Å². The van der Waals surface area contributed by atoms with Crippen LogP contribution in [0.25, 0.3) is 0 Å². The molecule has 0 aliphatic heterocycles. The van der Waals surface area contributed by atoms with E-state index in [0.29, 0.717) is 17.7 Å². The van der Waals surface area contributed by atoms with E-state index >= 15 is 0 Å². The Morgan fingerprint density at radius 3 is 2.84 bits per heavy atom. The predicted molar refractivity (Wildman–Crippen MR) is 73.8 cm³/mol. The average molecular weight is 281 g/mol. The number of nitrogens with two attached hydrogens (primary N) is 2. The third-order valence-electron chi connectivity index (χ3n) is 2.92. The van der Waals surface area contributed by atoms with Crippen LogP contribution in [0.5, 0.6) is 0 Å². The van der Waals surface area contributed by atoms with E-state index in [1.165, 1.54) is 6.07 Å². The first kappa shape index (κ1) is 13.7. The molecule has 0 amide bonds. The number of nitrogen functional groups attached to an aromatic ring is 1. The molecule has 2 aromatic rings. The predicted octanol–water partition coefficient (Wildman–Crippen LogP) is 2.20. The van der Waals surface area contributed by atoms with Gasteiger partial charge >= 0.3 is 0 Å². The van der Waals surface area contributed by atoms with Crippen molar-refractivity contribution >= 4 is 17.3 Å². The lowest BCUT2D eigenvalue weighted by molar-refractivity contribution is 0.511. The molecule has 1 aromatic heterocycles. The highest BCUT2D eigenvalue weighted by Gasteiger charge is 2.17. The molecule has 1 heterocycles. The topological polar surface area (TPSA) is 77.0 Å². The van der Waals surface area contributed by atoms with Crippen molar-refractivity contribution in [2.75, 3.05) is 5.73 Å². The summed E-state index contributed by atoms with van der Waals surface area (Å²) >= 11 is 5.77. The highest BCUT2D eigenvalue weighted by Crippen LogP contribution is 2.26. The molecule has 1 atom stereocenters. The van der Waals surface area contributed by atoms with E-state index in [0.717, 1.165) is 5.56 Å². The Bertz CT molecular complexity index is 576. The fraction of sp³-hybridized carbons (Fsp3) is 0.154. The van der Waals surface area contributed by atoms with Crippen LogP contribution in [0.15, 0.2) is 36.7 Å². The summed E-state index contributed by atoms with van der Waals surface area (Å²) in [6.45, 7) is 0. The van der Waals surface area contributed by atoms with Crippen LogP contribution < -0.4 is 17.0 Å². The number of rotatable bonds is 4. The van der Waals surface area contributed by atoms with Crippen molar-refractivity contribution in [1.82, 2.24) is 10.4 Å². The van der Waals surface area contributed by atoms with Gasteiger partial charge in [-0.15, -0.1) is 0 Å². The fourth-order valence-corrected chi connectivity index (χ4v) is 2.06. The number of hydrogen-bond donors (Lipinski definition) is 3. The lowest BCUT2D eigenvalue weighted by Crippen LogP contribution is -2.30. The molecule has 4 nitrogen and oxygen atoms in total. The normalized spacial score (nSPS) is 12.4. The molecule has 0 fully saturated rings. The van der Waals surface area contributed by atoms with Crippen LogP contribution in [0.4, 0.5) is 10.1 Å². The standard InChI is InChI=1S/C13H14ClFN4/c14-10-3-1-2-9(13(10)15)12(19-17)6-8-7-18-5-4-11(8)16/h1-5,7,12,19H,6,17H2,(H2,16,18). The minimum absolute atomic E-state index is 0.0666. The van der Waals surface area contributed by atoms with Gasteiger partial charge < -0.3 is 5.73 Å². The highest BCUT2D eigenvalue weighted by atomic mass is 35.5. The van der Waals surface area contributed by atoms with Gasteiger partial charge in [0.25, 0.3) is 0 Å². The Morgan fingerprint density at radius 2 is 2.16 bits per heavy atom. The summed E-state index contributed by atoms with van der Waals surface area (Å²) in [5.74, 6) is 5.02. The molecule has 5 N–H and O–H groups in total. The van der Waals surface area contributed by atoms with Crippen LogP contribution in [0.3, 0.4) is 0 Å². The zero-order chi connectivity index (χ0) is 13.8. The zero-order valence-corrected chi connectivity index (χ0v) is 10.9. The number of anilines is 1. The summed E-state index contributed by atoms with van der Waals surface area (Å²) in [6.07, 6.45) is 3.67. The Kier molecular flexibility index (Phi) is 4.31. The number of hydrogen-bond acceptors (Lipinski definition) is 4. The van der Waals surface area contributed by atoms with Crippen LogP contribution in [0.2, 0.25) is 5.02 Å². The number of halogens is 2. The first-order valence-electron chi connectivity index (χ1n) is 5.72. The number of benzene rings is 1. The summed E-state index contributed by atoms with van der Waals surface area (Å²) in [4.78, 5) is 4.00. The van der Waals surface area contributed by atoms with Gasteiger partial charge in [-0.1, -0.05) is 23.7 Å². The Balaban J connectivity index is 2.31. The van der Waals surface area contributed by atoms with Crippen LogP contribution in [0.1, 0.15) is 17.2 Å². The van der Waals surface area contributed by atoms with E-state index in [-0.39, 0.29) is 5.02 Å². The van der Waals surface area contributed by atoms with Crippen molar-refractivity contribution in [2.45, 2.75) is 12.5 Å². The molecule has 0 aliphatic carbocycles. The van der Waals surface area contributed by atoms with E-state index in [9.17, 15) is 4.39 Å². The third-order valence-corrected chi connectivity index (χ3v) is 3.22. The first-order valence-corrected chi connectivity index (χ1v) is 6.09. The second-order valence-corrected chi connectivity index (χ2v) is 4.55. The zero-order valence-electron chi connectivity index (χ0n) is 10.1. The van der Waals surface area contributed by atoms with Crippen molar-refractivity contribution in [3.8, 4) is 0 Å². The Morgan fingerprint density at radius 1 is 1.37 bits per heavy atom. The minimum Gasteiger partial charge on any atom is -0.398 e. The van der Waals surface area contributed by atoms with E-state index in [1.54, 1.807) is 30.6 Å². The SMILES string of the molecule is NNC(Cc1cnccc1N)c1cccc(Cl)c1F. The van der Waals surface area contributed by atoms with E-state index in [4.69, 9.17) is 23.2 Å². The number of pyridine rings is 1. The fourth-order valence-electron chi connectivity index (χ4n) is 1.88. The summed E-state index contributed by atoms with van der Waals surface area (Å²) < 4.78 is 14.0. The molecular weight excluding hydrogens is 267 g/mol. The lowest BCUT2D eigenvalue weighted by atomic mass is 9.99. The maximum atomic E-state index is 14.0. The smallest absolute Gasteiger partial charge is 0.146 e. The van der Waals surface area contributed by atoms with Gasteiger partial charge in [-0.3, -0.25) is 16.3 Å². The molecule has 0 saturated carbocycles. The molecule has 0 bridgehead atoms. The van der Waals surface area contributed by atoms with E-state index in [1.807, 2.05) is 0 Å². The van der Waals surface area contributed by atoms with Gasteiger partial charge in [-0.05, 0) is 24.1 Å². The van der Waals surface area contributed by atoms with Gasteiger partial charge in [0.05, 0.1) is 11.1 Å². The second kappa shape index (κ2) is 5.97. The molecule has 100 valence electrons. The molecule has 0 radical (unpaired) electrons. The molecule has 0 spiro atoms. The number of hydrazine groups is 1. The largest absolute Gasteiger partial charge is 0.398 e. The van der Waals surface area contributed by atoms with E-state index in [2.05, 4.69) is 10.4 Å². The average Bonchev–Trinajstić information content (AvgIpc) is 2.41. The van der Waals surface area contributed by atoms with Gasteiger partial charge in [0.2, 0.25) is 0 Å². The van der Waals surface area contributed by atoms with Gasteiger partial charge in [0.1, 0.15) is 5.82 Å². The monoisotopic (exact) mass is 280 g/mol. The number of nitrogens with one attached hydrogen (secondary N) is 1. The van der Waals surface area contributed by atoms with Gasteiger partial charge in [0.15, 0.2) is 0 Å². The number of aromatic nitrogens is 1. The second-order valence-electron chi connectivity index (χ2n) is 4.14. The highest BCUT2D eigenvalue weighted by molar-refractivity contribution is 6.30.